The molecule has 1 aromatic carbocycles. The highest BCUT2D eigenvalue weighted by Crippen LogP contribution is 2.38. The van der Waals surface area contributed by atoms with Crippen molar-refractivity contribution in [2.45, 2.75) is 51.6 Å². The lowest BCUT2D eigenvalue weighted by molar-refractivity contribution is -0.0245. The molecule has 0 bridgehead atoms. The fraction of sp³-hybridized carbons (Fsp3) is 0.625. The summed E-state index contributed by atoms with van der Waals surface area (Å²) < 4.78 is 26.6. The monoisotopic (exact) mass is 268 g/mol. The molecule has 0 radical (unpaired) electrons. The molecule has 0 aliphatic heterocycles. The summed E-state index contributed by atoms with van der Waals surface area (Å²) in [6.07, 6.45) is 3.80. The molecular formula is C16H22F2O. The summed E-state index contributed by atoms with van der Waals surface area (Å²) in [4.78, 5) is 0. The first-order chi connectivity index (χ1) is 8.89. The molecule has 0 heterocycles. The number of aliphatic hydroxyl groups is 1. The van der Waals surface area contributed by atoms with E-state index >= 15 is 0 Å². The molecule has 0 aromatic heterocycles. The maximum atomic E-state index is 13.7. The van der Waals surface area contributed by atoms with Gasteiger partial charge < -0.3 is 5.11 Å². The lowest BCUT2D eigenvalue weighted by Gasteiger charge is -2.38. The van der Waals surface area contributed by atoms with Crippen molar-refractivity contribution in [1.82, 2.24) is 0 Å². The van der Waals surface area contributed by atoms with Crippen molar-refractivity contribution in [2.75, 3.05) is 0 Å². The van der Waals surface area contributed by atoms with Gasteiger partial charge in [-0.3, -0.25) is 0 Å². The van der Waals surface area contributed by atoms with Gasteiger partial charge in [0, 0.05) is 12.5 Å². The minimum Gasteiger partial charge on any atom is -0.390 e. The molecule has 0 spiro atoms. The van der Waals surface area contributed by atoms with Crippen molar-refractivity contribution in [3.8, 4) is 0 Å². The van der Waals surface area contributed by atoms with Gasteiger partial charge in [-0.05, 0) is 42.7 Å². The molecule has 0 amide bonds. The number of hydrogen-bond acceptors (Lipinski definition) is 1. The van der Waals surface area contributed by atoms with Gasteiger partial charge in [-0.15, -0.1) is 0 Å². The molecule has 0 saturated heterocycles. The normalized spacial score (nSPS) is 27.8. The first-order valence-electron chi connectivity index (χ1n) is 7.06. The molecule has 1 saturated carbocycles. The van der Waals surface area contributed by atoms with Gasteiger partial charge in [0.1, 0.15) is 11.6 Å². The van der Waals surface area contributed by atoms with Crippen molar-refractivity contribution < 1.29 is 13.9 Å². The van der Waals surface area contributed by atoms with Crippen LogP contribution >= 0.6 is 0 Å². The summed E-state index contributed by atoms with van der Waals surface area (Å²) in [5, 5.41) is 10.7. The van der Waals surface area contributed by atoms with Crippen LogP contribution in [0.4, 0.5) is 8.78 Å². The van der Waals surface area contributed by atoms with E-state index in [1.54, 1.807) is 0 Å². The molecule has 19 heavy (non-hydrogen) atoms. The molecule has 3 heteroatoms. The van der Waals surface area contributed by atoms with Crippen molar-refractivity contribution >= 4 is 0 Å². The van der Waals surface area contributed by atoms with E-state index in [2.05, 4.69) is 13.8 Å². The predicted octanol–water partition coefficient (Wildman–Crippen LogP) is 4.08. The van der Waals surface area contributed by atoms with Crippen LogP contribution in [0, 0.1) is 23.5 Å². The summed E-state index contributed by atoms with van der Waals surface area (Å²) >= 11 is 0. The lowest BCUT2D eigenvalue weighted by atomic mass is 9.71. The van der Waals surface area contributed by atoms with Crippen LogP contribution in [-0.2, 0) is 6.42 Å². The quantitative estimate of drug-likeness (QED) is 0.875. The third-order valence-electron chi connectivity index (χ3n) is 4.34. The minimum absolute atomic E-state index is 0.280. The standard InChI is InChI=1S/C16H22F2O/c1-11(2)12-4-3-7-16(19,9-12)10-13-5-6-14(17)8-15(13)18/h5-6,8,11-12,19H,3-4,7,9-10H2,1-2H3. The Balaban J connectivity index is 2.12. The smallest absolute Gasteiger partial charge is 0.129 e. The van der Waals surface area contributed by atoms with Crippen LogP contribution in [0.25, 0.3) is 0 Å². The predicted molar refractivity (Wildman–Crippen MR) is 71.8 cm³/mol. The zero-order chi connectivity index (χ0) is 14.0. The third-order valence-corrected chi connectivity index (χ3v) is 4.34. The number of halogens is 2. The van der Waals surface area contributed by atoms with E-state index in [1.807, 2.05) is 0 Å². The Morgan fingerprint density at radius 3 is 2.74 bits per heavy atom. The second-order valence-electron chi connectivity index (χ2n) is 6.24. The Kier molecular flexibility index (Phi) is 4.24. The van der Waals surface area contributed by atoms with Crippen LogP contribution < -0.4 is 0 Å². The second-order valence-corrected chi connectivity index (χ2v) is 6.24. The van der Waals surface area contributed by atoms with E-state index in [0.29, 0.717) is 30.2 Å². The molecule has 1 fully saturated rings. The summed E-state index contributed by atoms with van der Waals surface area (Å²) in [6.45, 7) is 4.32. The Morgan fingerprint density at radius 2 is 2.11 bits per heavy atom. The van der Waals surface area contributed by atoms with Gasteiger partial charge in [0.05, 0.1) is 5.60 Å². The SMILES string of the molecule is CC(C)C1CCCC(O)(Cc2ccc(F)cc2F)C1. The van der Waals surface area contributed by atoms with Gasteiger partial charge in [-0.2, -0.15) is 0 Å². The van der Waals surface area contributed by atoms with E-state index in [1.165, 1.54) is 12.1 Å². The number of hydrogen-bond donors (Lipinski definition) is 1. The largest absolute Gasteiger partial charge is 0.390 e. The summed E-state index contributed by atoms with van der Waals surface area (Å²) in [5.74, 6) is -0.107. The summed E-state index contributed by atoms with van der Waals surface area (Å²) in [5.41, 5.74) is -0.431. The molecule has 1 aliphatic rings. The molecule has 1 nitrogen and oxygen atoms in total. The first kappa shape index (κ1) is 14.4. The van der Waals surface area contributed by atoms with Gasteiger partial charge >= 0.3 is 0 Å². The Morgan fingerprint density at radius 1 is 1.37 bits per heavy atom. The van der Waals surface area contributed by atoms with E-state index < -0.39 is 17.2 Å². The first-order valence-corrected chi connectivity index (χ1v) is 7.06. The molecule has 106 valence electrons. The van der Waals surface area contributed by atoms with Crippen LogP contribution in [0.3, 0.4) is 0 Å². The highest BCUT2D eigenvalue weighted by molar-refractivity contribution is 5.20. The van der Waals surface area contributed by atoms with Crippen LogP contribution in [0.15, 0.2) is 18.2 Å². The van der Waals surface area contributed by atoms with Gasteiger partial charge in [0.2, 0.25) is 0 Å². The average Bonchev–Trinajstić information content (AvgIpc) is 2.33. The minimum atomic E-state index is -0.841. The Labute approximate surface area is 113 Å². The van der Waals surface area contributed by atoms with Crippen molar-refractivity contribution in [3.05, 3.63) is 35.4 Å². The van der Waals surface area contributed by atoms with Crippen molar-refractivity contribution in [1.29, 1.82) is 0 Å². The van der Waals surface area contributed by atoms with Crippen molar-refractivity contribution in [2.24, 2.45) is 11.8 Å². The van der Waals surface area contributed by atoms with E-state index in [-0.39, 0.29) is 6.42 Å². The highest BCUT2D eigenvalue weighted by Gasteiger charge is 2.36. The molecule has 2 atom stereocenters. The van der Waals surface area contributed by atoms with Crippen LogP contribution in [0.2, 0.25) is 0 Å². The van der Waals surface area contributed by atoms with Gasteiger partial charge in [0.25, 0.3) is 0 Å². The van der Waals surface area contributed by atoms with Gasteiger partial charge in [-0.1, -0.05) is 26.3 Å². The fourth-order valence-electron chi connectivity index (χ4n) is 3.13. The lowest BCUT2D eigenvalue weighted by Crippen LogP contribution is -2.39. The molecule has 1 aliphatic carbocycles. The number of rotatable bonds is 3. The average molecular weight is 268 g/mol. The third kappa shape index (κ3) is 3.53. The maximum Gasteiger partial charge on any atom is 0.129 e. The molecular weight excluding hydrogens is 246 g/mol. The van der Waals surface area contributed by atoms with Gasteiger partial charge in [-0.25, -0.2) is 8.78 Å². The Hall–Kier alpha value is -0.960. The van der Waals surface area contributed by atoms with E-state index in [9.17, 15) is 13.9 Å². The fourth-order valence-corrected chi connectivity index (χ4v) is 3.13. The summed E-state index contributed by atoms with van der Waals surface area (Å²) in [7, 11) is 0. The molecule has 1 N–H and O–H groups in total. The van der Waals surface area contributed by atoms with E-state index in [0.717, 1.165) is 18.9 Å². The molecule has 2 unspecified atom stereocenters. The Bertz CT molecular complexity index is 444. The highest BCUT2D eigenvalue weighted by atomic mass is 19.1. The van der Waals surface area contributed by atoms with Crippen molar-refractivity contribution in [3.63, 3.8) is 0 Å². The summed E-state index contributed by atoms with van der Waals surface area (Å²) in [6, 6.07) is 3.59. The van der Waals surface area contributed by atoms with E-state index in [4.69, 9.17) is 0 Å². The topological polar surface area (TPSA) is 20.2 Å². The second kappa shape index (κ2) is 5.58. The zero-order valence-corrected chi connectivity index (χ0v) is 11.6. The van der Waals surface area contributed by atoms with Crippen LogP contribution in [0.5, 0.6) is 0 Å². The van der Waals surface area contributed by atoms with Crippen LogP contribution in [-0.4, -0.2) is 10.7 Å². The number of benzene rings is 1. The zero-order valence-electron chi connectivity index (χ0n) is 11.6. The molecule has 2 rings (SSSR count). The molecule has 1 aromatic rings. The maximum absolute atomic E-state index is 13.7. The van der Waals surface area contributed by atoms with Crippen LogP contribution in [0.1, 0.15) is 45.1 Å². The van der Waals surface area contributed by atoms with Gasteiger partial charge in [0.15, 0.2) is 0 Å².